The third kappa shape index (κ3) is 4.13. The van der Waals surface area contributed by atoms with Crippen molar-refractivity contribution in [3.63, 3.8) is 0 Å². The Morgan fingerprint density at radius 2 is 1.90 bits per heavy atom. The second-order valence-corrected chi connectivity index (χ2v) is 7.69. The molecule has 2 heterocycles. The Balaban J connectivity index is 1.72. The fraction of sp³-hybridized carbons (Fsp3) is 0.292. The Hall–Kier alpha value is -3.41. The van der Waals surface area contributed by atoms with Crippen LogP contribution in [0.2, 0.25) is 0 Å². The predicted molar refractivity (Wildman–Crippen MR) is 123 cm³/mol. The number of anilines is 2. The molecule has 0 saturated carbocycles. The molecule has 0 radical (unpaired) electrons. The molecule has 2 atom stereocenters. The number of nitrogens with zero attached hydrogens (tertiary/aromatic N) is 2. The second-order valence-electron chi connectivity index (χ2n) is 7.69. The molecule has 0 bridgehead atoms. The summed E-state index contributed by atoms with van der Waals surface area (Å²) in [6.45, 7) is 2.25. The minimum Gasteiger partial charge on any atom is -0.493 e. The van der Waals surface area contributed by atoms with Crippen molar-refractivity contribution in [2.45, 2.75) is 25.8 Å². The van der Waals surface area contributed by atoms with Gasteiger partial charge in [-0.05, 0) is 43.0 Å². The van der Waals surface area contributed by atoms with Crippen molar-refractivity contribution in [3.8, 4) is 11.5 Å². The van der Waals surface area contributed by atoms with E-state index in [-0.39, 0.29) is 6.04 Å². The highest BCUT2D eigenvalue weighted by Crippen LogP contribution is 2.33. The van der Waals surface area contributed by atoms with Crippen LogP contribution >= 0.6 is 0 Å². The van der Waals surface area contributed by atoms with Crippen LogP contribution in [0.1, 0.15) is 25.3 Å². The van der Waals surface area contributed by atoms with Gasteiger partial charge in [-0.15, -0.1) is 0 Å². The lowest BCUT2D eigenvalue weighted by molar-refractivity contribution is 0.355. The van der Waals surface area contributed by atoms with Gasteiger partial charge in [-0.3, -0.25) is 0 Å². The lowest BCUT2D eigenvalue weighted by atomic mass is 10.0. The molecule has 156 valence electrons. The Morgan fingerprint density at radius 3 is 2.67 bits per heavy atom. The van der Waals surface area contributed by atoms with Crippen LogP contribution in [0.25, 0.3) is 5.70 Å². The smallest absolute Gasteiger partial charge is 0.162 e. The highest BCUT2D eigenvalue weighted by molar-refractivity contribution is 6.03. The number of aliphatic imine (C=N–C) groups is 1. The minimum atomic E-state index is 0.143. The third-order valence-corrected chi connectivity index (χ3v) is 5.51. The molecule has 4 rings (SSSR count). The number of rotatable bonds is 4. The maximum atomic E-state index is 6.01. The average molecular weight is 405 g/mol. The molecule has 2 aromatic rings. The van der Waals surface area contributed by atoms with Crippen LogP contribution in [0.3, 0.4) is 0 Å². The van der Waals surface area contributed by atoms with Gasteiger partial charge in [-0.1, -0.05) is 25.1 Å². The number of methoxy groups -OCH3 is 2. The summed E-state index contributed by atoms with van der Waals surface area (Å²) in [5, 5.41) is 3.53. The molecule has 0 saturated heterocycles. The number of allylic oxidation sites excluding steroid dienone is 1. The Kier molecular flexibility index (Phi) is 5.65. The second kappa shape index (κ2) is 8.53. The molecular formula is C24H28N4O2. The molecule has 2 aliphatic heterocycles. The zero-order valence-corrected chi connectivity index (χ0v) is 17.6. The standard InChI is InChI=1S/C24H28N4O2/c1-16-7-9-21-24(26-19-8-10-22(29-2)23(14-19)30-3)27-20(15-28(21)12-11-16)17-5-4-6-18(25)13-17/h4-6,8,10-16,21H,7,9,25H2,1-3H3,(H,26,27). The Bertz CT molecular complexity index is 1010. The van der Waals surface area contributed by atoms with E-state index in [1.54, 1.807) is 14.2 Å². The number of nitrogens with two attached hydrogens (primary N) is 1. The summed E-state index contributed by atoms with van der Waals surface area (Å²) in [7, 11) is 3.27. The van der Waals surface area contributed by atoms with Gasteiger partial charge < -0.3 is 25.4 Å². The van der Waals surface area contributed by atoms with Crippen LogP contribution in [0.5, 0.6) is 11.5 Å². The van der Waals surface area contributed by atoms with Crippen LogP contribution in [0.15, 0.2) is 65.9 Å². The number of hydrogen-bond donors (Lipinski definition) is 2. The maximum Gasteiger partial charge on any atom is 0.162 e. The fourth-order valence-corrected chi connectivity index (χ4v) is 3.81. The first-order valence-electron chi connectivity index (χ1n) is 10.2. The number of fused-ring (bicyclic) bond motifs is 1. The molecule has 0 amide bonds. The largest absolute Gasteiger partial charge is 0.493 e. The van der Waals surface area contributed by atoms with Gasteiger partial charge in [0.15, 0.2) is 11.5 Å². The summed E-state index contributed by atoms with van der Waals surface area (Å²) in [5.74, 6) is 2.81. The van der Waals surface area contributed by atoms with Crippen LogP contribution in [0, 0.1) is 5.92 Å². The first-order chi connectivity index (χ1) is 14.6. The molecular weight excluding hydrogens is 376 g/mol. The van der Waals surface area contributed by atoms with Gasteiger partial charge in [0.2, 0.25) is 0 Å². The first-order valence-corrected chi connectivity index (χ1v) is 10.2. The third-order valence-electron chi connectivity index (χ3n) is 5.51. The molecule has 0 aromatic heterocycles. The summed E-state index contributed by atoms with van der Waals surface area (Å²) in [4.78, 5) is 7.25. The van der Waals surface area contributed by atoms with Crippen molar-refractivity contribution in [3.05, 3.63) is 66.5 Å². The van der Waals surface area contributed by atoms with Gasteiger partial charge >= 0.3 is 0 Å². The van der Waals surface area contributed by atoms with Gasteiger partial charge in [-0.2, -0.15) is 0 Å². The minimum absolute atomic E-state index is 0.143. The number of nitrogens with one attached hydrogen (secondary N) is 1. The highest BCUT2D eigenvalue weighted by Gasteiger charge is 2.28. The zero-order chi connectivity index (χ0) is 21.1. The zero-order valence-electron chi connectivity index (χ0n) is 17.6. The van der Waals surface area contributed by atoms with E-state index >= 15 is 0 Å². The van der Waals surface area contributed by atoms with E-state index < -0.39 is 0 Å². The normalized spacial score (nSPS) is 20.6. The van der Waals surface area contributed by atoms with Crippen LogP contribution in [-0.2, 0) is 0 Å². The summed E-state index contributed by atoms with van der Waals surface area (Å²) in [5.41, 5.74) is 9.51. The van der Waals surface area contributed by atoms with Gasteiger partial charge in [0.05, 0.1) is 26.0 Å². The van der Waals surface area contributed by atoms with Crippen molar-refractivity contribution in [1.29, 1.82) is 0 Å². The van der Waals surface area contributed by atoms with Crippen LogP contribution in [-0.4, -0.2) is 31.0 Å². The Morgan fingerprint density at radius 1 is 1.07 bits per heavy atom. The molecule has 0 spiro atoms. The summed E-state index contributed by atoms with van der Waals surface area (Å²) < 4.78 is 10.8. The highest BCUT2D eigenvalue weighted by atomic mass is 16.5. The average Bonchev–Trinajstić information content (AvgIpc) is 2.95. The SMILES string of the molecule is COc1ccc(NC2=NC(c3cccc(N)c3)=CN3C=CC(C)CCC23)cc1OC. The number of ether oxygens (including phenoxy) is 2. The van der Waals surface area contributed by atoms with Crippen molar-refractivity contribution in [2.24, 2.45) is 10.9 Å². The maximum absolute atomic E-state index is 6.01. The predicted octanol–water partition coefficient (Wildman–Crippen LogP) is 4.72. The van der Waals surface area contributed by atoms with Crippen molar-refractivity contribution in [1.82, 2.24) is 4.90 Å². The molecule has 2 aromatic carbocycles. The number of amidine groups is 1. The number of benzene rings is 2. The lowest BCUT2D eigenvalue weighted by Gasteiger charge is -2.32. The van der Waals surface area contributed by atoms with Gasteiger partial charge in [0, 0.05) is 35.4 Å². The molecule has 2 aliphatic rings. The quantitative estimate of drug-likeness (QED) is 0.721. The molecule has 30 heavy (non-hydrogen) atoms. The summed E-state index contributed by atoms with van der Waals surface area (Å²) >= 11 is 0. The first kappa shape index (κ1) is 19.9. The topological polar surface area (TPSA) is 72.1 Å². The van der Waals surface area contributed by atoms with E-state index in [1.807, 2.05) is 42.5 Å². The summed E-state index contributed by atoms with van der Waals surface area (Å²) in [6.07, 6.45) is 8.64. The van der Waals surface area contributed by atoms with E-state index in [0.717, 1.165) is 41.3 Å². The van der Waals surface area contributed by atoms with Gasteiger partial charge in [0.25, 0.3) is 0 Å². The van der Waals surface area contributed by atoms with E-state index in [2.05, 4.69) is 35.6 Å². The molecule has 3 N–H and O–H groups in total. The number of nitrogen functional groups attached to an aromatic ring is 1. The molecule has 0 aliphatic carbocycles. The fourth-order valence-electron chi connectivity index (χ4n) is 3.81. The summed E-state index contributed by atoms with van der Waals surface area (Å²) in [6, 6.07) is 13.8. The molecule has 2 unspecified atom stereocenters. The monoisotopic (exact) mass is 404 g/mol. The van der Waals surface area contributed by atoms with Crippen molar-refractivity contribution >= 4 is 22.9 Å². The van der Waals surface area contributed by atoms with Crippen molar-refractivity contribution in [2.75, 3.05) is 25.3 Å². The molecule has 6 nitrogen and oxygen atoms in total. The molecule has 6 heteroatoms. The van der Waals surface area contributed by atoms with Crippen LogP contribution in [0.4, 0.5) is 11.4 Å². The Labute approximate surface area is 177 Å². The van der Waals surface area contributed by atoms with E-state index in [1.165, 1.54) is 0 Å². The van der Waals surface area contributed by atoms with Gasteiger partial charge in [0.1, 0.15) is 5.84 Å². The molecule has 0 fully saturated rings. The van der Waals surface area contributed by atoms with E-state index in [0.29, 0.717) is 17.4 Å². The van der Waals surface area contributed by atoms with E-state index in [9.17, 15) is 0 Å². The van der Waals surface area contributed by atoms with E-state index in [4.69, 9.17) is 20.2 Å². The van der Waals surface area contributed by atoms with Gasteiger partial charge in [-0.25, -0.2) is 4.99 Å². The van der Waals surface area contributed by atoms with Crippen molar-refractivity contribution < 1.29 is 9.47 Å². The lowest BCUT2D eigenvalue weighted by Crippen LogP contribution is -2.40. The van der Waals surface area contributed by atoms with Crippen LogP contribution < -0.4 is 20.5 Å². The number of hydrogen-bond acceptors (Lipinski definition) is 6.